The fourth-order valence-corrected chi connectivity index (χ4v) is 3.55. The molecule has 1 aromatic heterocycles. The van der Waals surface area contributed by atoms with E-state index in [-0.39, 0.29) is 12.0 Å². The first-order valence-electron chi connectivity index (χ1n) is 9.49. The number of carbonyl (C=O) groups is 1. The summed E-state index contributed by atoms with van der Waals surface area (Å²) in [6, 6.07) is 17.0. The van der Waals surface area contributed by atoms with Crippen molar-refractivity contribution in [2.75, 3.05) is 6.54 Å². The number of aromatic nitrogens is 1. The lowest BCUT2D eigenvalue weighted by molar-refractivity contribution is -0.127. The number of hydrogen-bond donors (Lipinski definition) is 1. The molecule has 0 spiro atoms. The zero-order valence-corrected chi connectivity index (χ0v) is 16.7. The maximum atomic E-state index is 12.4. The molecule has 29 heavy (non-hydrogen) atoms. The second-order valence-corrected chi connectivity index (χ2v) is 7.37. The van der Waals surface area contributed by atoms with Crippen LogP contribution in [0.1, 0.15) is 12.5 Å². The molecule has 1 aliphatic heterocycles. The Balaban J connectivity index is 1.35. The van der Waals surface area contributed by atoms with Crippen molar-refractivity contribution in [1.29, 1.82) is 0 Å². The monoisotopic (exact) mass is 408 g/mol. The molecule has 6 heteroatoms. The van der Waals surface area contributed by atoms with Crippen LogP contribution in [0.5, 0.6) is 11.5 Å². The standard InChI is InChI=1S/C23H21ClN2O3/c1-15(28-19-6-3-5-18(24)13-19)23(27)26-14-20-12-17-4-2-7-21(22(17)29-20)16-8-10-25-11-9-16/h2-11,13,15,20H,12,14H2,1H3,(H,26,27)/t15-,20+/m0/s1. The van der Waals surface area contributed by atoms with Crippen LogP contribution in [0, 0.1) is 0 Å². The molecule has 148 valence electrons. The average Bonchev–Trinajstić information content (AvgIpc) is 3.15. The van der Waals surface area contributed by atoms with Crippen molar-refractivity contribution < 1.29 is 14.3 Å². The molecule has 0 unspecified atom stereocenters. The molecule has 1 amide bonds. The third-order valence-electron chi connectivity index (χ3n) is 4.80. The van der Waals surface area contributed by atoms with E-state index in [2.05, 4.69) is 16.4 Å². The van der Waals surface area contributed by atoms with Crippen LogP contribution < -0.4 is 14.8 Å². The van der Waals surface area contributed by atoms with Gasteiger partial charge in [-0.1, -0.05) is 35.9 Å². The number of hydrogen-bond acceptors (Lipinski definition) is 4. The number of nitrogens with one attached hydrogen (secondary N) is 1. The summed E-state index contributed by atoms with van der Waals surface area (Å²) in [6.45, 7) is 2.12. The van der Waals surface area contributed by atoms with Crippen LogP contribution in [0.25, 0.3) is 11.1 Å². The van der Waals surface area contributed by atoms with Crippen molar-refractivity contribution in [3.05, 3.63) is 77.6 Å². The summed E-state index contributed by atoms with van der Waals surface area (Å²) in [5, 5.41) is 3.49. The normalized spacial score (nSPS) is 15.9. The molecule has 1 N–H and O–H groups in total. The van der Waals surface area contributed by atoms with Gasteiger partial charge in [-0.05, 0) is 48.4 Å². The largest absolute Gasteiger partial charge is 0.487 e. The first-order valence-corrected chi connectivity index (χ1v) is 9.87. The van der Waals surface area contributed by atoms with Crippen molar-refractivity contribution in [2.45, 2.75) is 25.6 Å². The Kier molecular flexibility index (Phi) is 5.67. The topological polar surface area (TPSA) is 60.5 Å². The highest BCUT2D eigenvalue weighted by Crippen LogP contribution is 2.38. The lowest BCUT2D eigenvalue weighted by Gasteiger charge is -2.17. The summed E-state index contributed by atoms with van der Waals surface area (Å²) in [6.07, 6.45) is 3.53. The Bertz CT molecular complexity index is 1010. The number of ether oxygens (including phenoxy) is 2. The molecule has 0 radical (unpaired) electrons. The molecule has 0 saturated heterocycles. The van der Waals surface area contributed by atoms with Crippen LogP contribution in [0.15, 0.2) is 67.0 Å². The summed E-state index contributed by atoms with van der Waals surface area (Å²) >= 11 is 5.96. The van der Waals surface area contributed by atoms with E-state index in [4.69, 9.17) is 21.1 Å². The molecule has 0 saturated carbocycles. The van der Waals surface area contributed by atoms with E-state index in [0.29, 0.717) is 17.3 Å². The van der Waals surface area contributed by atoms with Crippen LogP contribution in [0.2, 0.25) is 5.02 Å². The van der Waals surface area contributed by atoms with Crippen LogP contribution >= 0.6 is 11.6 Å². The first-order chi connectivity index (χ1) is 14.1. The number of fused-ring (bicyclic) bond motifs is 1. The highest BCUT2D eigenvalue weighted by Gasteiger charge is 2.27. The maximum Gasteiger partial charge on any atom is 0.260 e. The smallest absolute Gasteiger partial charge is 0.260 e. The first kappa shape index (κ1) is 19.3. The van der Waals surface area contributed by atoms with E-state index in [0.717, 1.165) is 28.9 Å². The minimum atomic E-state index is -0.635. The third kappa shape index (κ3) is 4.51. The SMILES string of the molecule is C[C@H](Oc1cccc(Cl)c1)C(=O)NC[C@H]1Cc2cccc(-c3ccncc3)c2O1. The summed E-state index contributed by atoms with van der Waals surface area (Å²) < 4.78 is 11.8. The van der Waals surface area contributed by atoms with Crippen LogP contribution in [-0.4, -0.2) is 29.6 Å². The predicted octanol–water partition coefficient (Wildman–Crippen LogP) is 4.29. The van der Waals surface area contributed by atoms with Crippen molar-refractivity contribution in [1.82, 2.24) is 10.3 Å². The molecule has 1 aliphatic rings. The lowest BCUT2D eigenvalue weighted by atomic mass is 10.0. The number of halogens is 1. The fourth-order valence-electron chi connectivity index (χ4n) is 3.37. The Morgan fingerprint density at radius 1 is 1.24 bits per heavy atom. The zero-order chi connectivity index (χ0) is 20.2. The van der Waals surface area contributed by atoms with E-state index in [1.807, 2.05) is 24.3 Å². The maximum absolute atomic E-state index is 12.4. The number of benzene rings is 2. The molecule has 4 rings (SSSR count). The molecule has 0 bridgehead atoms. The Morgan fingerprint density at radius 2 is 2.03 bits per heavy atom. The zero-order valence-electron chi connectivity index (χ0n) is 16.0. The van der Waals surface area contributed by atoms with Gasteiger partial charge in [-0.2, -0.15) is 0 Å². The number of amides is 1. The van der Waals surface area contributed by atoms with Crippen LogP contribution in [-0.2, 0) is 11.2 Å². The van der Waals surface area contributed by atoms with E-state index in [1.54, 1.807) is 43.6 Å². The van der Waals surface area contributed by atoms with E-state index >= 15 is 0 Å². The Labute approximate surface area is 174 Å². The minimum absolute atomic E-state index is 0.115. The quantitative estimate of drug-likeness (QED) is 0.661. The molecule has 2 atom stereocenters. The fraction of sp³-hybridized carbons (Fsp3) is 0.217. The third-order valence-corrected chi connectivity index (χ3v) is 5.04. The van der Waals surface area contributed by atoms with Gasteiger partial charge in [0.2, 0.25) is 0 Å². The van der Waals surface area contributed by atoms with Gasteiger partial charge in [0, 0.05) is 29.4 Å². The van der Waals surface area contributed by atoms with Crippen molar-refractivity contribution in [2.24, 2.45) is 0 Å². The molecule has 2 aromatic carbocycles. The van der Waals surface area contributed by atoms with Gasteiger partial charge >= 0.3 is 0 Å². The summed E-state index contributed by atoms with van der Waals surface area (Å²) in [5.74, 6) is 1.24. The van der Waals surface area contributed by atoms with Gasteiger partial charge in [0.25, 0.3) is 5.91 Å². The highest BCUT2D eigenvalue weighted by atomic mass is 35.5. The minimum Gasteiger partial charge on any atom is -0.487 e. The van der Waals surface area contributed by atoms with Crippen molar-refractivity contribution in [3.63, 3.8) is 0 Å². The van der Waals surface area contributed by atoms with Crippen molar-refractivity contribution in [3.8, 4) is 22.6 Å². The van der Waals surface area contributed by atoms with Crippen molar-refractivity contribution >= 4 is 17.5 Å². The van der Waals surface area contributed by atoms with Gasteiger partial charge < -0.3 is 14.8 Å². The van der Waals surface area contributed by atoms with Crippen LogP contribution in [0.3, 0.4) is 0 Å². The van der Waals surface area contributed by atoms with Gasteiger partial charge in [0.05, 0.1) is 6.54 Å². The van der Waals surface area contributed by atoms with E-state index in [1.165, 1.54) is 0 Å². The van der Waals surface area contributed by atoms with E-state index in [9.17, 15) is 4.79 Å². The second kappa shape index (κ2) is 8.53. The average molecular weight is 409 g/mol. The molecule has 0 aliphatic carbocycles. The summed E-state index contributed by atoms with van der Waals surface area (Å²) in [4.78, 5) is 16.5. The van der Waals surface area contributed by atoms with E-state index < -0.39 is 6.10 Å². The Hall–Kier alpha value is -3.05. The van der Waals surface area contributed by atoms with Gasteiger partial charge in [0.1, 0.15) is 17.6 Å². The van der Waals surface area contributed by atoms with Gasteiger partial charge in [-0.15, -0.1) is 0 Å². The molecular formula is C23H21ClN2O3. The predicted molar refractivity (Wildman–Crippen MR) is 112 cm³/mol. The highest BCUT2D eigenvalue weighted by molar-refractivity contribution is 6.30. The number of para-hydroxylation sites is 1. The molecule has 3 aromatic rings. The van der Waals surface area contributed by atoms with Crippen LogP contribution in [0.4, 0.5) is 0 Å². The molecule has 5 nitrogen and oxygen atoms in total. The van der Waals surface area contributed by atoms with Gasteiger partial charge in [-0.25, -0.2) is 0 Å². The summed E-state index contributed by atoms with van der Waals surface area (Å²) in [7, 11) is 0. The number of carbonyl (C=O) groups excluding carboxylic acids is 1. The second-order valence-electron chi connectivity index (χ2n) is 6.94. The number of nitrogens with zero attached hydrogens (tertiary/aromatic N) is 1. The van der Waals surface area contributed by atoms with Gasteiger partial charge in [0.15, 0.2) is 6.10 Å². The van der Waals surface area contributed by atoms with Gasteiger partial charge in [-0.3, -0.25) is 9.78 Å². The molecule has 0 fully saturated rings. The Morgan fingerprint density at radius 3 is 2.83 bits per heavy atom. The molecular weight excluding hydrogens is 388 g/mol. The number of rotatable bonds is 6. The summed E-state index contributed by atoms with van der Waals surface area (Å²) in [5.41, 5.74) is 3.24. The lowest BCUT2D eigenvalue weighted by Crippen LogP contribution is -2.41. The molecule has 2 heterocycles. The number of pyridine rings is 1.